The van der Waals surface area contributed by atoms with Crippen LogP contribution >= 0.6 is 0 Å². The maximum absolute atomic E-state index is 12.9. The fourth-order valence-electron chi connectivity index (χ4n) is 3.99. The molecule has 5 amide bonds. The molecular weight excluding hydrogens is 386 g/mol. The van der Waals surface area contributed by atoms with Crippen LogP contribution in [0.2, 0.25) is 0 Å². The Kier molecular flexibility index (Phi) is 6.69. The summed E-state index contributed by atoms with van der Waals surface area (Å²) in [5.41, 5.74) is 0.456. The molecule has 0 saturated carbocycles. The summed E-state index contributed by atoms with van der Waals surface area (Å²) in [4.78, 5) is 40.9. The van der Waals surface area contributed by atoms with Gasteiger partial charge in [-0.05, 0) is 31.5 Å². The number of hydrogen-bond acceptors (Lipinski definition) is 4. The fourth-order valence-corrected chi connectivity index (χ4v) is 3.99. The molecule has 0 aromatic heterocycles. The van der Waals surface area contributed by atoms with E-state index in [1.165, 1.54) is 0 Å². The predicted octanol–water partition coefficient (Wildman–Crippen LogP) is 1.15. The van der Waals surface area contributed by atoms with Gasteiger partial charge in [-0.15, -0.1) is 0 Å². The molecule has 1 unspecified atom stereocenters. The molecular formula is C21H31N5O4. The molecule has 9 nitrogen and oxygen atoms in total. The van der Waals surface area contributed by atoms with Gasteiger partial charge in [-0.25, -0.2) is 9.59 Å². The number of ether oxygens (including phenoxy) is 1. The summed E-state index contributed by atoms with van der Waals surface area (Å²) in [6.45, 7) is 6.32. The van der Waals surface area contributed by atoms with Gasteiger partial charge < -0.3 is 30.5 Å². The van der Waals surface area contributed by atoms with E-state index in [4.69, 9.17) is 4.74 Å². The summed E-state index contributed by atoms with van der Waals surface area (Å²) in [7, 11) is 1.60. The van der Waals surface area contributed by atoms with Crippen molar-refractivity contribution in [2.75, 3.05) is 39.8 Å². The molecule has 2 aliphatic rings. The van der Waals surface area contributed by atoms with Gasteiger partial charge >= 0.3 is 12.1 Å². The number of methoxy groups -OCH3 is 1. The van der Waals surface area contributed by atoms with Gasteiger partial charge in [0.15, 0.2) is 0 Å². The third-order valence-corrected chi connectivity index (χ3v) is 5.45. The molecule has 0 bridgehead atoms. The van der Waals surface area contributed by atoms with Crippen molar-refractivity contribution >= 4 is 18.0 Å². The van der Waals surface area contributed by atoms with Gasteiger partial charge in [0.05, 0.1) is 7.11 Å². The Morgan fingerprint density at radius 3 is 2.50 bits per heavy atom. The molecule has 164 valence electrons. The largest absolute Gasteiger partial charge is 0.497 e. The van der Waals surface area contributed by atoms with Crippen LogP contribution in [0.3, 0.4) is 0 Å². The van der Waals surface area contributed by atoms with Gasteiger partial charge in [0, 0.05) is 57.1 Å². The summed E-state index contributed by atoms with van der Waals surface area (Å²) < 4.78 is 5.22. The quantitative estimate of drug-likeness (QED) is 0.684. The smallest absolute Gasteiger partial charge is 0.317 e. The minimum Gasteiger partial charge on any atom is -0.497 e. The second-order valence-electron chi connectivity index (χ2n) is 8.41. The van der Waals surface area contributed by atoms with Gasteiger partial charge in [-0.3, -0.25) is 4.79 Å². The zero-order chi connectivity index (χ0) is 21.7. The molecule has 30 heavy (non-hydrogen) atoms. The summed E-state index contributed by atoms with van der Waals surface area (Å²) in [6.07, 6.45) is 0.304. The van der Waals surface area contributed by atoms with Crippen LogP contribution in [0.4, 0.5) is 9.59 Å². The first-order chi connectivity index (χ1) is 14.3. The number of hydrogen-bond donors (Lipinski definition) is 3. The van der Waals surface area contributed by atoms with E-state index < -0.39 is 5.41 Å². The third-order valence-electron chi connectivity index (χ3n) is 5.45. The highest BCUT2D eigenvalue weighted by Crippen LogP contribution is 2.31. The normalized spacial score (nSPS) is 21.4. The van der Waals surface area contributed by atoms with Crippen LogP contribution in [0, 0.1) is 5.41 Å². The molecule has 0 aliphatic carbocycles. The Bertz CT molecular complexity index is 799. The zero-order valence-electron chi connectivity index (χ0n) is 17.9. The Hall–Kier alpha value is -2.97. The number of nitrogens with zero attached hydrogens (tertiary/aromatic N) is 2. The van der Waals surface area contributed by atoms with E-state index in [0.29, 0.717) is 45.7 Å². The third kappa shape index (κ3) is 5.34. The molecule has 2 saturated heterocycles. The second-order valence-corrected chi connectivity index (χ2v) is 8.41. The summed E-state index contributed by atoms with van der Waals surface area (Å²) >= 11 is 0. The average molecular weight is 418 g/mol. The second kappa shape index (κ2) is 9.23. The van der Waals surface area contributed by atoms with E-state index in [9.17, 15) is 14.4 Å². The van der Waals surface area contributed by atoms with Crippen LogP contribution < -0.4 is 20.7 Å². The minimum atomic E-state index is -0.477. The maximum atomic E-state index is 12.9. The standard InChI is InChI=1S/C21H31N5O4/c1-15(2)24-20(29)26-8-7-25(13-21(14-26)10-18(27)23-12-21)19(28)22-11-16-5-4-6-17(9-16)30-3/h4-6,9,15H,7-8,10-14H2,1-3H3,(H,22,28)(H,23,27)(H,24,29). The summed E-state index contributed by atoms with van der Waals surface area (Å²) in [5, 5.41) is 8.73. The molecule has 3 rings (SSSR count). The summed E-state index contributed by atoms with van der Waals surface area (Å²) in [5.74, 6) is 0.690. The molecule has 9 heteroatoms. The van der Waals surface area contributed by atoms with Crippen molar-refractivity contribution in [3.05, 3.63) is 29.8 Å². The molecule has 2 fully saturated rings. The van der Waals surface area contributed by atoms with Crippen molar-refractivity contribution in [1.29, 1.82) is 0 Å². The van der Waals surface area contributed by atoms with Crippen molar-refractivity contribution in [1.82, 2.24) is 25.8 Å². The topological polar surface area (TPSA) is 103 Å². The van der Waals surface area contributed by atoms with Crippen molar-refractivity contribution in [3.8, 4) is 5.75 Å². The average Bonchev–Trinajstić information content (AvgIpc) is 2.96. The van der Waals surface area contributed by atoms with Gasteiger partial charge in [0.2, 0.25) is 5.91 Å². The lowest BCUT2D eigenvalue weighted by molar-refractivity contribution is -0.119. The number of amides is 5. The van der Waals surface area contributed by atoms with Crippen LogP contribution in [-0.4, -0.2) is 73.6 Å². The number of carbonyl (C=O) groups excluding carboxylic acids is 3. The molecule has 2 heterocycles. The molecule has 1 atom stereocenters. The Balaban J connectivity index is 1.68. The minimum absolute atomic E-state index is 0.0160. The number of rotatable bonds is 4. The SMILES string of the molecule is COc1cccc(CNC(=O)N2CCN(C(=O)NC(C)C)CC3(CNC(=O)C3)C2)c1. The van der Waals surface area contributed by atoms with E-state index >= 15 is 0 Å². The first kappa shape index (κ1) is 21.7. The highest BCUT2D eigenvalue weighted by Gasteiger charge is 2.44. The monoisotopic (exact) mass is 417 g/mol. The lowest BCUT2D eigenvalue weighted by Gasteiger charge is -2.32. The van der Waals surface area contributed by atoms with Crippen molar-refractivity contribution in [2.24, 2.45) is 5.41 Å². The van der Waals surface area contributed by atoms with Crippen LogP contribution in [0.15, 0.2) is 24.3 Å². The van der Waals surface area contributed by atoms with Gasteiger partial charge in [-0.1, -0.05) is 12.1 Å². The van der Waals surface area contributed by atoms with E-state index in [1.807, 2.05) is 38.1 Å². The van der Waals surface area contributed by atoms with Crippen molar-refractivity contribution < 1.29 is 19.1 Å². The van der Waals surface area contributed by atoms with Gasteiger partial charge in [0.1, 0.15) is 5.75 Å². The van der Waals surface area contributed by atoms with Crippen LogP contribution in [0.1, 0.15) is 25.8 Å². The highest BCUT2D eigenvalue weighted by molar-refractivity contribution is 5.81. The first-order valence-electron chi connectivity index (χ1n) is 10.3. The van der Waals surface area contributed by atoms with E-state index in [-0.39, 0.29) is 24.0 Å². The number of carbonyl (C=O) groups is 3. The van der Waals surface area contributed by atoms with E-state index in [2.05, 4.69) is 16.0 Å². The Labute approximate surface area is 177 Å². The molecule has 0 radical (unpaired) electrons. The Morgan fingerprint density at radius 2 is 1.90 bits per heavy atom. The first-order valence-corrected chi connectivity index (χ1v) is 10.3. The molecule has 3 N–H and O–H groups in total. The highest BCUT2D eigenvalue weighted by atomic mass is 16.5. The molecule has 1 spiro atoms. The predicted molar refractivity (Wildman–Crippen MR) is 112 cm³/mol. The van der Waals surface area contributed by atoms with Crippen LogP contribution in [0.25, 0.3) is 0 Å². The zero-order valence-corrected chi connectivity index (χ0v) is 17.9. The van der Waals surface area contributed by atoms with E-state index in [0.717, 1.165) is 11.3 Å². The van der Waals surface area contributed by atoms with Gasteiger partial charge in [-0.2, -0.15) is 0 Å². The lowest BCUT2D eigenvalue weighted by atomic mass is 9.86. The van der Waals surface area contributed by atoms with Crippen LogP contribution in [-0.2, 0) is 11.3 Å². The van der Waals surface area contributed by atoms with E-state index in [1.54, 1.807) is 16.9 Å². The molecule has 2 aliphatic heterocycles. The molecule has 1 aromatic carbocycles. The number of nitrogens with one attached hydrogen (secondary N) is 3. The fraction of sp³-hybridized carbons (Fsp3) is 0.571. The summed E-state index contributed by atoms with van der Waals surface area (Å²) in [6, 6.07) is 7.17. The lowest BCUT2D eigenvalue weighted by Crippen LogP contribution is -2.49. The Morgan fingerprint density at radius 1 is 1.20 bits per heavy atom. The van der Waals surface area contributed by atoms with Crippen molar-refractivity contribution in [3.63, 3.8) is 0 Å². The maximum Gasteiger partial charge on any atom is 0.317 e. The van der Waals surface area contributed by atoms with Crippen LogP contribution in [0.5, 0.6) is 5.75 Å². The number of benzene rings is 1. The molecule has 1 aromatic rings. The van der Waals surface area contributed by atoms with Gasteiger partial charge in [0.25, 0.3) is 0 Å². The number of urea groups is 2. The van der Waals surface area contributed by atoms with Crippen molar-refractivity contribution in [2.45, 2.75) is 32.9 Å².